The molecule has 0 aromatic carbocycles. The SMILES string of the molecule is CC1(C(=O)Nc2ccon2)CCCNC1. The lowest BCUT2D eigenvalue weighted by molar-refractivity contribution is -0.125. The first-order chi connectivity index (χ1) is 7.21. The summed E-state index contributed by atoms with van der Waals surface area (Å²) < 4.78 is 4.66. The van der Waals surface area contributed by atoms with Crippen molar-refractivity contribution in [1.29, 1.82) is 0 Å². The highest BCUT2D eigenvalue weighted by atomic mass is 16.5. The number of hydrogen-bond donors (Lipinski definition) is 2. The normalized spacial score (nSPS) is 26.2. The Bertz CT molecular complexity index is 328. The summed E-state index contributed by atoms with van der Waals surface area (Å²) in [5.74, 6) is 0.482. The molecule has 1 unspecified atom stereocenters. The van der Waals surface area contributed by atoms with E-state index in [1.165, 1.54) is 6.26 Å². The van der Waals surface area contributed by atoms with Crippen LogP contribution in [0.5, 0.6) is 0 Å². The van der Waals surface area contributed by atoms with Crippen LogP contribution in [0.4, 0.5) is 5.82 Å². The van der Waals surface area contributed by atoms with Crippen LogP contribution in [0.1, 0.15) is 19.8 Å². The molecule has 1 amide bonds. The standard InChI is InChI=1S/C10H15N3O2/c1-10(4-2-5-11-7-10)9(14)12-8-3-6-15-13-8/h3,6,11H,2,4-5,7H2,1H3,(H,12,13,14). The predicted octanol–water partition coefficient (Wildman–Crippen LogP) is 1.00. The lowest BCUT2D eigenvalue weighted by atomic mass is 9.82. The molecule has 5 heteroatoms. The Kier molecular flexibility index (Phi) is 2.73. The Labute approximate surface area is 88.2 Å². The zero-order chi connectivity index (χ0) is 10.7. The molecule has 1 saturated heterocycles. The Balaban J connectivity index is 2.00. The van der Waals surface area contributed by atoms with Crippen molar-refractivity contribution in [2.45, 2.75) is 19.8 Å². The van der Waals surface area contributed by atoms with E-state index < -0.39 is 0 Å². The van der Waals surface area contributed by atoms with Gasteiger partial charge in [0.25, 0.3) is 0 Å². The van der Waals surface area contributed by atoms with E-state index in [1.807, 2.05) is 6.92 Å². The quantitative estimate of drug-likeness (QED) is 0.762. The summed E-state index contributed by atoms with van der Waals surface area (Å²) in [5.41, 5.74) is -0.336. The Morgan fingerprint density at radius 3 is 3.20 bits per heavy atom. The highest BCUT2D eigenvalue weighted by Gasteiger charge is 2.34. The van der Waals surface area contributed by atoms with Gasteiger partial charge in [-0.3, -0.25) is 4.79 Å². The highest BCUT2D eigenvalue weighted by Crippen LogP contribution is 2.26. The minimum absolute atomic E-state index is 0.00333. The van der Waals surface area contributed by atoms with Gasteiger partial charge in [-0.15, -0.1) is 0 Å². The summed E-state index contributed by atoms with van der Waals surface area (Å²) in [7, 11) is 0. The Hall–Kier alpha value is -1.36. The molecule has 1 aliphatic heterocycles. The van der Waals surface area contributed by atoms with Crippen molar-refractivity contribution < 1.29 is 9.32 Å². The average molecular weight is 209 g/mol. The van der Waals surface area contributed by atoms with E-state index in [2.05, 4.69) is 20.3 Å². The van der Waals surface area contributed by atoms with Gasteiger partial charge in [0.05, 0.1) is 5.41 Å². The van der Waals surface area contributed by atoms with Gasteiger partial charge in [0.1, 0.15) is 6.26 Å². The first-order valence-corrected chi connectivity index (χ1v) is 5.13. The molecule has 0 bridgehead atoms. The summed E-state index contributed by atoms with van der Waals surface area (Å²) >= 11 is 0. The highest BCUT2D eigenvalue weighted by molar-refractivity contribution is 5.94. The van der Waals surface area contributed by atoms with Gasteiger partial charge in [0.2, 0.25) is 5.91 Å². The number of nitrogens with one attached hydrogen (secondary N) is 2. The topological polar surface area (TPSA) is 67.2 Å². The molecule has 1 atom stereocenters. The summed E-state index contributed by atoms with van der Waals surface area (Å²) in [6, 6.07) is 1.64. The fraction of sp³-hybridized carbons (Fsp3) is 0.600. The maximum atomic E-state index is 12.0. The smallest absolute Gasteiger partial charge is 0.232 e. The van der Waals surface area contributed by atoms with Crippen LogP contribution in [0.25, 0.3) is 0 Å². The van der Waals surface area contributed by atoms with Crippen LogP contribution in [0.15, 0.2) is 16.9 Å². The van der Waals surface area contributed by atoms with Gasteiger partial charge in [-0.25, -0.2) is 0 Å². The number of anilines is 1. The van der Waals surface area contributed by atoms with E-state index in [9.17, 15) is 4.79 Å². The predicted molar refractivity (Wildman–Crippen MR) is 55.3 cm³/mol. The third kappa shape index (κ3) is 2.18. The second kappa shape index (κ2) is 4.02. The molecule has 15 heavy (non-hydrogen) atoms. The molecule has 1 aliphatic rings. The molecule has 2 rings (SSSR count). The number of carbonyl (C=O) groups is 1. The Morgan fingerprint density at radius 2 is 2.60 bits per heavy atom. The van der Waals surface area contributed by atoms with E-state index in [4.69, 9.17) is 0 Å². The van der Waals surface area contributed by atoms with E-state index in [1.54, 1.807) is 6.07 Å². The van der Waals surface area contributed by atoms with Crippen LogP contribution < -0.4 is 10.6 Å². The maximum Gasteiger partial charge on any atom is 0.232 e. The van der Waals surface area contributed by atoms with Gasteiger partial charge < -0.3 is 15.2 Å². The van der Waals surface area contributed by atoms with Gasteiger partial charge in [0.15, 0.2) is 5.82 Å². The molecule has 0 aliphatic carbocycles. The second-order valence-electron chi connectivity index (χ2n) is 4.18. The van der Waals surface area contributed by atoms with E-state index in [0.29, 0.717) is 5.82 Å². The van der Waals surface area contributed by atoms with Gasteiger partial charge in [-0.1, -0.05) is 5.16 Å². The number of carbonyl (C=O) groups excluding carboxylic acids is 1. The molecule has 1 aromatic heterocycles. The second-order valence-corrected chi connectivity index (χ2v) is 4.18. The van der Waals surface area contributed by atoms with Crippen molar-refractivity contribution in [3.8, 4) is 0 Å². The van der Waals surface area contributed by atoms with E-state index in [-0.39, 0.29) is 11.3 Å². The zero-order valence-corrected chi connectivity index (χ0v) is 8.75. The van der Waals surface area contributed by atoms with Crippen LogP contribution in [0, 0.1) is 5.41 Å². The van der Waals surface area contributed by atoms with Crippen LogP contribution in [-0.2, 0) is 4.79 Å². The lowest BCUT2D eigenvalue weighted by Crippen LogP contribution is -2.46. The minimum atomic E-state index is -0.336. The van der Waals surface area contributed by atoms with Crippen LogP contribution in [-0.4, -0.2) is 24.2 Å². The van der Waals surface area contributed by atoms with Crippen LogP contribution in [0.3, 0.4) is 0 Å². The van der Waals surface area contributed by atoms with Gasteiger partial charge in [-0.05, 0) is 26.3 Å². The monoisotopic (exact) mass is 209 g/mol. The van der Waals surface area contributed by atoms with Crippen molar-refractivity contribution in [2.75, 3.05) is 18.4 Å². The third-order valence-corrected chi connectivity index (χ3v) is 2.82. The number of hydrogen-bond acceptors (Lipinski definition) is 4. The molecule has 82 valence electrons. The van der Waals surface area contributed by atoms with Crippen LogP contribution in [0.2, 0.25) is 0 Å². The molecule has 1 fully saturated rings. The number of nitrogens with zero attached hydrogens (tertiary/aromatic N) is 1. The first kappa shape index (κ1) is 10.2. The number of piperidine rings is 1. The fourth-order valence-electron chi connectivity index (χ4n) is 1.79. The van der Waals surface area contributed by atoms with Crippen molar-refractivity contribution in [3.05, 3.63) is 12.3 Å². The average Bonchev–Trinajstić information content (AvgIpc) is 2.71. The number of amides is 1. The number of aromatic nitrogens is 1. The van der Waals surface area contributed by atoms with E-state index >= 15 is 0 Å². The summed E-state index contributed by atoms with van der Waals surface area (Å²) in [6.45, 7) is 3.68. The van der Waals surface area contributed by atoms with Crippen molar-refractivity contribution in [1.82, 2.24) is 10.5 Å². The molecule has 1 aromatic rings. The minimum Gasteiger partial charge on any atom is -0.363 e. The third-order valence-electron chi connectivity index (χ3n) is 2.82. The summed E-state index contributed by atoms with van der Waals surface area (Å²) in [5, 5.41) is 9.63. The van der Waals surface area contributed by atoms with Crippen molar-refractivity contribution in [3.63, 3.8) is 0 Å². The molecule has 2 heterocycles. The zero-order valence-electron chi connectivity index (χ0n) is 8.75. The molecular weight excluding hydrogens is 194 g/mol. The summed E-state index contributed by atoms with van der Waals surface area (Å²) in [6.07, 6.45) is 3.38. The molecule has 0 radical (unpaired) electrons. The van der Waals surface area contributed by atoms with E-state index in [0.717, 1.165) is 25.9 Å². The fourth-order valence-corrected chi connectivity index (χ4v) is 1.79. The molecule has 0 spiro atoms. The van der Waals surface area contributed by atoms with Crippen LogP contribution >= 0.6 is 0 Å². The largest absolute Gasteiger partial charge is 0.363 e. The molecular formula is C10H15N3O2. The number of rotatable bonds is 2. The first-order valence-electron chi connectivity index (χ1n) is 5.13. The van der Waals surface area contributed by atoms with Crippen molar-refractivity contribution >= 4 is 11.7 Å². The maximum absolute atomic E-state index is 12.0. The van der Waals surface area contributed by atoms with Gasteiger partial charge in [-0.2, -0.15) is 0 Å². The van der Waals surface area contributed by atoms with Gasteiger partial charge in [0, 0.05) is 12.6 Å². The van der Waals surface area contributed by atoms with Gasteiger partial charge >= 0.3 is 0 Å². The molecule has 5 nitrogen and oxygen atoms in total. The lowest BCUT2D eigenvalue weighted by Gasteiger charge is -2.32. The summed E-state index contributed by atoms with van der Waals surface area (Å²) in [4.78, 5) is 12.0. The van der Waals surface area contributed by atoms with Crippen molar-refractivity contribution in [2.24, 2.45) is 5.41 Å². The molecule has 2 N–H and O–H groups in total. The Morgan fingerprint density at radius 1 is 1.73 bits per heavy atom. The molecule has 0 saturated carbocycles.